The van der Waals surface area contributed by atoms with Crippen molar-refractivity contribution in [2.75, 3.05) is 9.80 Å². The molecule has 254 valence electrons. The van der Waals surface area contributed by atoms with Crippen LogP contribution >= 0.6 is 0 Å². The van der Waals surface area contributed by atoms with Crippen LogP contribution < -0.4 is 9.80 Å². The van der Waals surface area contributed by atoms with E-state index in [1.165, 1.54) is 88.1 Å². The van der Waals surface area contributed by atoms with Crippen LogP contribution in [0.25, 0.3) is 10.8 Å². The average Bonchev–Trinajstić information content (AvgIpc) is 3.70. The minimum atomic E-state index is -0.107. The Morgan fingerprint density at radius 2 is 0.846 bits per heavy atom. The van der Waals surface area contributed by atoms with Gasteiger partial charge in [0.15, 0.2) is 0 Å². The minimum Gasteiger partial charge on any atom is -0.310 e. The van der Waals surface area contributed by atoms with E-state index in [-0.39, 0.29) is 5.41 Å². The van der Waals surface area contributed by atoms with E-state index in [1.807, 2.05) is 0 Å². The number of hydrogen-bond acceptors (Lipinski definition) is 2. The van der Waals surface area contributed by atoms with E-state index in [1.54, 1.807) is 11.1 Å². The molecule has 3 unspecified atom stereocenters. The molecule has 0 bridgehead atoms. The van der Waals surface area contributed by atoms with Gasteiger partial charge in [0.1, 0.15) is 0 Å². The molecule has 2 heteroatoms. The highest BCUT2D eigenvalue weighted by Gasteiger charge is 2.59. The fraction of sp³-hybridized carbons (Fsp3) is 0.200. The molecular formula is C50H44N2. The van der Waals surface area contributed by atoms with Gasteiger partial charge in [0.05, 0.1) is 11.4 Å². The predicted octanol–water partition coefficient (Wildman–Crippen LogP) is 13.4. The van der Waals surface area contributed by atoms with Crippen LogP contribution in [0.1, 0.15) is 54.4 Å². The molecule has 3 atom stereocenters. The lowest BCUT2D eigenvalue weighted by molar-refractivity contribution is 0.205. The summed E-state index contributed by atoms with van der Waals surface area (Å²) in [6, 6.07) is 63.4. The Labute approximate surface area is 308 Å². The number of hydrogen-bond donors (Lipinski definition) is 0. The van der Waals surface area contributed by atoms with Gasteiger partial charge in [-0.1, -0.05) is 128 Å². The molecule has 0 saturated heterocycles. The zero-order valence-corrected chi connectivity index (χ0v) is 29.7. The molecule has 0 heterocycles. The van der Waals surface area contributed by atoms with Gasteiger partial charge in [-0.2, -0.15) is 0 Å². The lowest BCUT2D eigenvalue weighted by Crippen LogP contribution is -2.40. The summed E-state index contributed by atoms with van der Waals surface area (Å²) in [5.41, 5.74) is 13.6. The van der Waals surface area contributed by atoms with Crippen molar-refractivity contribution in [1.29, 1.82) is 0 Å². The first-order valence-corrected chi connectivity index (χ1v) is 19.3. The minimum absolute atomic E-state index is 0.107. The second-order valence-electron chi connectivity index (χ2n) is 15.1. The molecule has 0 radical (unpaired) electrons. The third-order valence-corrected chi connectivity index (χ3v) is 12.4. The molecule has 1 fully saturated rings. The van der Waals surface area contributed by atoms with Gasteiger partial charge in [0, 0.05) is 28.2 Å². The van der Waals surface area contributed by atoms with Crippen molar-refractivity contribution in [1.82, 2.24) is 0 Å². The van der Waals surface area contributed by atoms with Crippen molar-refractivity contribution in [2.45, 2.75) is 50.4 Å². The van der Waals surface area contributed by atoms with Gasteiger partial charge >= 0.3 is 0 Å². The Balaban J connectivity index is 1.27. The zero-order chi connectivity index (χ0) is 34.5. The van der Waals surface area contributed by atoms with Gasteiger partial charge < -0.3 is 9.80 Å². The topological polar surface area (TPSA) is 6.48 Å². The number of anilines is 6. The highest BCUT2D eigenvalue weighted by atomic mass is 15.2. The maximum atomic E-state index is 2.57. The Morgan fingerprint density at radius 3 is 1.37 bits per heavy atom. The highest BCUT2D eigenvalue weighted by Crippen LogP contribution is 2.66. The van der Waals surface area contributed by atoms with Gasteiger partial charge in [-0.3, -0.25) is 0 Å². The Bertz CT molecular complexity index is 2320. The summed E-state index contributed by atoms with van der Waals surface area (Å²) in [5.74, 6) is 1.08. The van der Waals surface area contributed by atoms with Crippen molar-refractivity contribution >= 4 is 44.9 Å². The van der Waals surface area contributed by atoms with Crippen molar-refractivity contribution in [3.63, 3.8) is 0 Å². The molecule has 0 aromatic heterocycles. The second-order valence-corrected chi connectivity index (χ2v) is 15.1. The SMILES string of the molecule is c1ccc(N(c2ccccc2)c2cccc3c2C24c5c(cccc5N(c5ccccc5)c5ccc6ccccc6c5)CC2CCCCCC4C3)cc1. The van der Waals surface area contributed by atoms with Crippen LogP contribution in [0.15, 0.2) is 170 Å². The summed E-state index contributed by atoms with van der Waals surface area (Å²) in [6.45, 7) is 0. The van der Waals surface area contributed by atoms with Crippen molar-refractivity contribution < 1.29 is 0 Å². The maximum Gasteiger partial charge on any atom is 0.0505 e. The monoisotopic (exact) mass is 672 g/mol. The van der Waals surface area contributed by atoms with Crippen LogP contribution in [-0.2, 0) is 18.3 Å². The number of fused-ring (bicyclic) bond motifs is 3. The standard InChI is InChI=1S/C50H44N2/c1-5-21-40-33-38-19-15-29-46(51(42-23-7-2-8-24-42)43-25-9-3-10-26-43)48(38)50(40)41(22-6-1)34-39-20-16-30-47(49(39)50)52(44-27-11-4-12-28-44)45-32-31-36-17-13-14-18-37(36)35-45/h2-4,7-20,23-32,35,40-41H,1,5-6,21-22,33-34H2. The van der Waals surface area contributed by atoms with E-state index >= 15 is 0 Å². The van der Waals surface area contributed by atoms with Crippen LogP contribution in [0.5, 0.6) is 0 Å². The van der Waals surface area contributed by atoms with E-state index in [0.717, 1.165) is 12.8 Å². The summed E-state index contributed by atoms with van der Waals surface area (Å²) >= 11 is 0. The third kappa shape index (κ3) is 4.92. The lowest BCUT2D eigenvalue weighted by atomic mass is 9.60. The van der Waals surface area contributed by atoms with Gasteiger partial charge in [-0.05, 0) is 131 Å². The van der Waals surface area contributed by atoms with E-state index in [4.69, 9.17) is 0 Å². The number of rotatable bonds is 6. The Morgan fingerprint density at radius 1 is 0.385 bits per heavy atom. The van der Waals surface area contributed by atoms with E-state index in [2.05, 4.69) is 180 Å². The van der Waals surface area contributed by atoms with Crippen molar-refractivity contribution in [2.24, 2.45) is 11.8 Å². The first-order chi connectivity index (χ1) is 25.8. The predicted molar refractivity (Wildman–Crippen MR) is 218 cm³/mol. The van der Waals surface area contributed by atoms with Gasteiger partial charge in [0.25, 0.3) is 0 Å². The van der Waals surface area contributed by atoms with Crippen LogP contribution in [0.4, 0.5) is 34.1 Å². The van der Waals surface area contributed by atoms with Crippen LogP contribution in [0.3, 0.4) is 0 Å². The Kier molecular flexibility index (Phi) is 7.71. The van der Waals surface area contributed by atoms with Gasteiger partial charge in [-0.15, -0.1) is 0 Å². The van der Waals surface area contributed by atoms with Gasteiger partial charge in [-0.25, -0.2) is 0 Å². The lowest BCUT2D eigenvalue weighted by Gasteiger charge is -2.45. The van der Waals surface area contributed by atoms with Crippen LogP contribution in [0.2, 0.25) is 0 Å². The smallest absolute Gasteiger partial charge is 0.0505 e. The molecule has 1 spiro atoms. The summed E-state index contributed by atoms with van der Waals surface area (Å²) in [5, 5.41) is 2.54. The van der Waals surface area contributed by atoms with E-state index < -0.39 is 0 Å². The normalized spacial score (nSPS) is 20.2. The van der Waals surface area contributed by atoms with E-state index in [9.17, 15) is 0 Å². The third-order valence-electron chi connectivity index (χ3n) is 12.4. The summed E-state index contributed by atoms with van der Waals surface area (Å²) < 4.78 is 0. The zero-order valence-electron chi connectivity index (χ0n) is 29.7. The molecule has 10 rings (SSSR count). The van der Waals surface area contributed by atoms with Crippen molar-refractivity contribution in [3.8, 4) is 0 Å². The van der Waals surface area contributed by atoms with Gasteiger partial charge in [0.2, 0.25) is 0 Å². The second kappa shape index (κ2) is 12.9. The highest BCUT2D eigenvalue weighted by molar-refractivity contribution is 5.91. The molecular weight excluding hydrogens is 629 g/mol. The van der Waals surface area contributed by atoms with Crippen molar-refractivity contribution in [3.05, 3.63) is 192 Å². The first-order valence-electron chi connectivity index (χ1n) is 19.3. The average molecular weight is 673 g/mol. The molecule has 0 amide bonds. The molecule has 3 aliphatic rings. The molecule has 3 aliphatic carbocycles. The summed E-state index contributed by atoms with van der Waals surface area (Å²) in [4.78, 5) is 5.12. The molecule has 2 nitrogen and oxygen atoms in total. The molecule has 52 heavy (non-hydrogen) atoms. The van der Waals surface area contributed by atoms with Crippen LogP contribution in [0, 0.1) is 11.8 Å². The number of nitrogens with zero attached hydrogens (tertiary/aromatic N) is 2. The maximum absolute atomic E-state index is 2.57. The first kappa shape index (κ1) is 31.2. The number of benzene rings is 7. The Hall–Kier alpha value is -5.60. The molecule has 0 N–H and O–H groups in total. The fourth-order valence-electron chi connectivity index (χ4n) is 10.5. The van der Waals surface area contributed by atoms with Crippen LogP contribution in [-0.4, -0.2) is 0 Å². The number of para-hydroxylation sites is 3. The fourth-order valence-corrected chi connectivity index (χ4v) is 10.5. The molecule has 0 aliphatic heterocycles. The largest absolute Gasteiger partial charge is 0.310 e. The summed E-state index contributed by atoms with van der Waals surface area (Å²) in [6.07, 6.45) is 8.72. The molecule has 7 aromatic carbocycles. The molecule has 1 saturated carbocycles. The molecule has 7 aromatic rings. The van der Waals surface area contributed by atoms with E-state index in [0.29, 0.717) is 11.8 Å². The summed E-state index contributed by atoms with van der Waals surface area (Å²) in [7, 11) is 0. The quantitative estimate of drug-likeness (QED) is 0.173.